The average molecular weight is 388 g/mol. The zero-order valence-electron chi connectivity index (χ0n) is 13.5. The molecule has 8 heteroatoms. The number of halogens is 1. The molecule has 0 aliphatic rings. The Kier molecular flexibility index (Phi) is 5.90. The highest BCUT2D eigenvalue weighted by Gasteiger charge is 2.21. The molecule has 1 N–H and O–H groups in total. The zero-order chi connectivity index (χ0) is 17.9. The molecule has 1 aromatic carbocycles. The molecule has 5 nitrogen and oxygen atoms in total. The van der Waals surface area contributed by atoms with Crippen LogP contribution < -0.4 is 4.72 Å². The fourth-order valence-corrected chi connectivity index (χ4v) is 4.55. The molecule has 130 valence electrons. The second-order valence-electron chi connectivity index (χ2n) is 5.44. The molecule has 2 rings (SSSR count). The fraction of sp³-hybridized carbons (Fsp3) is 0.312. The summed E-state index contributed by atoms with van der Waals surface area (Å²) in [7, 11) is -3.80. The highest BCUT2D eigenvalue weighted by Crippen LogP contribution is 2.28. The van der Waals surface area contributed by atoms with Crippen LogP contribution in [-0.2, 0) is 26.0 Å². The van der Waals surface area contributed by atoms with Crippen LogP contribution in [0, 0.1) is 6.92 Å². The predicted octanol–water partition coefficient (Wildman–Crippen LogP) is 4.00. The maximum absolute atomic E-state index is 12.6. The smallest absolute Gasteiger partial charge is 0.311 e. The number of ether oxygens (including phenoxy) is 1. The number of anilines is 1. The summed E-state index contributed by atoms with van der Waals surface area (Å²) in [5.41, 5.74) is 0.850. The Bertz CT molecular complexity index is 844. The third kappa shape index (κ3) is 4.49. The largest absolute Gasteiger partial charge is 0.463 e. The highest BCUT2D eigenvalue weighted by atomic mass is 35.5. The van der Waals surface area contributed by atoms with Crippen LogP contribution in [0.1, 0.15) is 24.3 Å². The summed E-state index contributed by atoms with van der Waals surface area (Å²) in [5, 5.41) is 2.10. The Morgan fingerprint density at radius 2 is 2.04 bits per heavy atom. The summed E-state index contributed by atoms with van der Waals surface area (Å²) in [6.07, 6.45) is -0.200. The van der Waals surface area contributed by atoms with Gasteiger partial charge in [0.1, 0.15) is 0 Å². The molecule has 0 radical (unpaired) electrons. The monoisotopic (exact) mass is 387 g/mol. The Balaban J connectivity index is 2.24. The van der Waals surface area contributed by atoms with Gasteiger partial charge in [-0.25, -0.2) is 8.42 Å². The number of rotatable bonds is 6. The van der Waals surface area contributed by atoms with Gasteiger partial charge in [-0.3, -0.25) is 9.52 Å². The van der Waals surface area contributed by atoms with Crippen LogP contribution in [-0.4, -0.2) is 20.5 Å². The molecular formula is C16H18ClNO4S2. The molecule has 0 atom stereocenters. The van der Waals surface area contributed by atoms with Crippen molar-refractivity contribution in [3.05, 3.63) is 45.1 Å². The number of hydrogen-bond acceptors (Lipinski definition) is 5. The average Bonchev–Trinajstić information content (AvgIpc) is 2.87. The van der Waals surface area contributed by atoms with Crippen LogP contribution in [0.2, 0.25) is 5.02 Å². The van der Waals surface area contributed by atoms with Gasteiger partial charge in [0.25, 0.3) is 10.0 Å². The van der Waals surface area contributed by atoms with E-state index in [0.29, 0.717) is 21.2 Å². The lowest BCUT2D eigenvalue weighted by Gasteiger charge is -2.12. The van der Waals surface area contributed by atoms with Gasteiger partial charge in [-0.2, -0.15) is 0 Å². The maximum Gasteiger partial charge on any atom is 0.311 e. The summed E-state index contributed by atoms with van der Waals surface area (Å²) in [6.45, 7) is 5.17. The van der Waals surface area contributed by atoms with Crippen molar-refractivity contribution in [2.45, 2.75) is 38.2 Å². The second-order valence-corrected chi connectivity index (χ2v) is 8.50. The van der Waals surface area contributed by atoms with Crippen molar-refractivity contribution in [2.75, 3.05) is 4.72 Å². The third-order valence-corrected chi connectivity index (χ3v) is 6.01. The molecule has 0 saturated carbocycles. The van der Waals surface area contributed by atoms with Crippen molar-refractivity contribution in [3.63, 3.8) is 0 Å². The molecule has 0 amide bonds. The van der Waals surface area contributed by atoms with Crippen LogP contribution in [0.15, 0.2) is 34.5 Å². The van der Waals surface area contributed by atoms with E-state index in [9.17, 15) is 13.2 Å². The van der Waals surface area contributed by atoms with E-state index in [1.165, 1.54) is 17.4 Å². The van der Waals surface area contributed by atoms with Crippen LogP contribution in [0.25, 0.3) is 0 Å². The lowest BCUT2D eigenvalue weighted by Crippen LogP contribution is -2.17. The zero-order valence-corrected chi connectivity index (χ0v) is 15.9. The van der Waals surface area contributed by atoms with Gasteiger partial charge >= 0.3 is 5.97 Å². The lowest BCUT2D eigenvalue weighted by atomic mass is 10.2. The van der Waals surface area contributed by atoms with E-state index in [1.807, 2.05) is 0 Å². The first-order chi connectivity index (χ1) is 11.2. The summed E-state index contributed by atoms with van der Waals surface area (Å²) in [6, 6.07) is 6.33. The predicted molar refractivity (Wildman–Crippen MR) is 96.2 cm³/mol. The minimum Gasteiger partial charge on any atom is -0.463 e. The van der Waals surface area contributed by atoms with E-state index >= 15 is 0 Å². The molecule has 24 heavy (non-hydrogen) atoms. The third-order valence-electron chi connectivity index (χ3n) is 3.17. The first-order valence-electron chi connectivity index (χ1n) is 7.24. The minimum atomic E-state index is -3.80. The van der Waals surface area contributed by atoms with Gasteiger partial charge in [-0.15, -0.1) is 11.3 Å². The van der Waals surface area contributed by atoms with Gasteiger partial charge < -0.3 is 4.74 Å². The van der Waals surface area contributed by atoms with Crippen LogP contribution in [0.5, 0.6) is 0 Å². The van der Waals surface area contributed by atoms with Crippen molar-refractivity contribution in [2.24, 2.45) is 0 Å². The molecule has 1 aromatic heterocycles. The van der Waals surface area contributed by atoms with E-state index in [-0.39, 0.29) is 17.4 Å². The molecule has 0 unspecified atom stereocenters. The van der Waals surface area contributed by atoms with E-state index in [1.54, 1.807) is 44.4 Å². The Morgan fingerprint density at radius 1 is 1.33 bits per heavy atom. The normalized spacial score (nSPS) is 11.5. The first-order valence-corrected chi connectivity index (χ1v) is 9.98. The maximum atomic E-state index is 12.6. The SMILES string of the molecule is Cc1c(Cl)cccc1S(=O)(=O)Nc1ccsc1CC(=O)OC(C)C. The summed E-state index contributed by atoms with van der Waals surface area (Å²) < 4.78 is 32.8. The van der Waals surface area contributed by atoms with Crippen LogP contribution in [0.3, 0.4) is 0 Å². The molecule has 0 spiro atoms. The highest BCUT2D eigenvalue weighted by molar-refractivity contribution is 7.92. The molecule has 2 aromatic rings. The summed E-state index contributed by atoms with van der Waals surface area (Å²) >= 11 is 7.29. The molecule has 0 saturated heterocycles. The van der Waals surface area contributed by atoms with E-state index in [2.05, 4.69) is 4.72 Å². The topological polar surface area (TPSA) is 72.5 Å². The van der Waals surface area contributed by atoms with Crippen molar-refractivity contribution in [1.29, 1.82) is 0 Å². The lowest BCUT2D eigenvalue weighted by molar-refractivity contribution is -0.146. The van der Waals surface area contributed by atoms with Gasteiger partial charge in [-0.05, 0) is 49.9 Å². The van der Waals surface area contributed by atoms with Crippen LogP contribution >= 0.6 is 22.9 Å². The number of carbonyl (C=O) groups excluding carboxylic acids is 1. The van der Waals surface area contributed by atoms with Gasteiger partial charge in [0.05, 0.1) is 23.1 Å². The number of benzene rings is 1. The Hall–Kier alpha value is -1.57. The van der Waals surface area contributed by atoms with Crippen molar-refractivity contribution >= 4 is 44.6 Å². The fourth-order valence-electron chi connectivity index (χ4n) is 2.08. The number of carbonyl (C=O) groups is 1. The standard InChI is InChI=1S/C16H18ClNO4S2/c1-10(2)22-16(19)9-14-13(7-8-23-14)18-24(20,21)15-6-4-5-12(17)11(15)3/h4-8,10,18H,9H2,1-3H3. The molecule has 0 aliphatic carbocycles. The number of nitrogens with one attached hydrogen (secondary N) is 1. The van der Waals surface area contributed by atoms with Gasteiger partial charge in [-0.1, -0.05) is 17.7 Å². The Labute approximate surface area is 150 Å². The number of sulfonamides is 1. The van der Waals surface area contributed by atoms with Gasteiger partial charge in [0, 0.05) is 9.90 Å². The molecule has 0 bridgehead atoms. The van der Waals surface area contributed by atoms with E-state index in [4.69, 9.17) is 16.3 Å². The number of thiophene rings is 1. The molecule has 0 fully saturated rings. The minimum absolute atomic E-state index is 0.0161. The first kappa shape index (κ1) is 18.8. The quantitative estimate of drug-likeness (QED) is 0.760. The molecule has 0 aliphatic heterocycles. The number of esters is 1. The van der Waals surface area contributed by atoms with Crippen LogP contribution in [0.4, 0.5) is 5.69 Å². The molecular weight excluding hydrogens is 370 g/mol. The van der Waals surface area contributed by atoms with Crippen molar-refractivity contribution < 1.29 is 17.9 Å². The van der Waals surface area contributed by atoms with Crippen molar-refractivity contribution in [3.8, 4) is 0 Å². The summed E-state index contributed by atoms with van der Waals surface area (Å²) in [5.74, 6) is -0.396. The molecule has 1 heterocycles. The second kappa shape index (κ2) is 7.55. The van der Waals surface area contributed by atoms with E-state index in [0.717, 1.165) is 0 Å². The number of hydrogen-bond donors (Lipinski definition) is 1. The van der Waals surface area contributed by atoms with E-state index < -0.39 is 16.0 Å². The summed E-state index contributed by atoms with van der Waals surface area (Å²) in [4.78, 5) is 12.5. The van der Waals surface area contributed by atoms with Gasteiger partial charge in [0.2, 0.25) is 0 Å². The van der Waals surface area contributed by atoms with Gasteiger partial charge in [0.15, 0.2) is 0 Å². The van der Waals surface area contributed by atoms with Crippen molar-refractivity contribution in [1.82, 2.24) is 0 Å². The Morgan fingerprint density at radius 3 is 2.71 bits per heavy atom.